The van der Waals surface area contributed by atoms with Gasteiger partial charge >= 0.3 is 0 Å². The van der Waals surface area contributed by atoms with Crippen LogP contribution in [0.5, 0.6) is 0 Å². The van der Waals surface area contributed by atoms with Crippen LogP contribution >= 0.6 is 11.8 Å². The molecule has 4 nitrogen and oxygen atoms in total. The Balaban J connectivity index is 2.33. The summed E-state index contributed by atoms with van der Waals surface area (Å²) in [4.78, 5) is 35.6. The third-order valence-corrected chi connectivity index (χ3v) is 5.99. The van der Waals surface area contributed by atoms with Gasteiger partial charge in [0.2, 0.25) is 5.91 Å². The molecule has 0 aromatic carbocycles. The van der Waals surface area contributed by atoms with E-state index in [1.807, 2.05) is 6.92 Å². The van der Waals surface area contributed by atoms with Gasteiger partial charge in [-0.2, -0.15) is 11.8 Å². The second-order valence-corrected chi connectivity index (χ2v) is 9.22. The van der Waals surface area contributed by atoms with Crippen molar-refractivity contribution in [3.05, 3.63) is 23.3 Å². The van der Waals surface area contributed by atoms with Crippen LogP contribution in [-0.4, -0.2) is 35.5 Å². The monoisotopic (exact) mass is 379 g/mol. The highest BCUT2D eigenvalue weighted by Crippen LogP contribution is 2.38. The number of carbonyl (C=O) groups is 3. The van der Waals surface area contributed by atoms with Crippen LogP contribution in [0.3, 0.4) is 0 Å². The molecule has 0 saturated heterocycles. The molecule has 5 heteroatoms. The Morgan fingerprint density at radius 3 is 2.54 bits per heavy atom. The third kappa shape index (κ3) is 7.48. The number of ketones is 2. The highest BCUT2D eigenvalue weighted by molar-refractivity contribution is 7.99. The van der Waals surface area contributed by atoms with Crippen molar-refractivity contribution in [2.45, 2.75) is 71.5 Å². The van der Waals surface area contributed by atoms with Crippen molar-refractivity contribution in [2.75, 3.05) is 12.8 Å². The normalized spacial score (nSPS) is 17.1. The summed E-state index contributed by atoms with van der Waals surface area (Å²) in [5, 5.41) is 2.76. The molecule has 146 valence electrons. The fourth-order valence-electron chi connectivity index (χ4n) is 3.33. The summed E-state index contributed by atoms with van der Waals surface area (Å²) in [5.41, 5.74) is 1.97. The summed E-state index contributed by atoms with van der Waals surface area (Å²) in [6.07, 6.45) is 7.54. The molecule has 0 radical (unpaired) electrons. The zero-order valence-electron chi connectivity index (χ0n) is 16.8. The molecule has 26 heavy (non-hydrogen) atoms. The van der Waals surface area contributed by atoms with Crippen molar-refractivity contribution in [3.63, 3.8) is 0 Å². The van der Waals surface area contributed by atoms with E-state index in [9.17, 15) is 14.4 Å². The molecule has 0 aromatic rings. The van der Waals surface area contributed by atoms with Crippen molar-refractivity contribution in [3.8, 4) is 0 Å². The maximum atomic E-state index is 12.8. The maximum Gasteiger partial charge on any atom is 0.220 e. The van der Waals surface area contributed by atoms with Gasteiger partial charge in [-0.3, -0.25) is 14.4 Å². The number of rotatable bonds is 11. The molecule has 0 aliphatic heterocycles. The standard InChI is InChI=1S/C21H33NO3S/c1-15-8-6-12-21(3,4)20(15)18(24)14-16(2)26-13-7-9-17(23)10-11-19(25)22-5/h6,8,16H,7,9-14H2,1-5H3,(H,22,25). The molecule has 0 heterocycles. The minimum absolute atomic E-state index is 0.0858. The molecule has 1 aliphatic rings. The number of allylic oxidation sites excluding steroid dienone is 4. The van der Waals surface area contributed by atoms with E-state index in [0.717, 1.165) is 29.7 Å². The largest absolute Gasteiger partial charge is 0.359 e. The molecular weight excluding hydrogens is 346 g/mol. The molecule has 1 aliphatic carbocycles. The first-order chi connectivity index (χ1) is 12.2. The summed E-state index contributed by atoms with van der Waals surface area (Å²) in [7, 11) is 1.58. The minimum atomic E-state index is -0.0926. The summed E-state index contributed by atoms with van der Waals surface area (Å²) in [5.74, 6) is 1.15. The van der Waals surface area contributed by atoms with E-state index in [1.165, 1.54) is 0 Å². The summed E-state index contributed by atoms with van der Waals surface area (Å²) in [6, 6.07) is 0. The number of carbonyl (C=O) groups excluding carboxylic acids is 3. The molecule has 0 saturated carbocycles. The van der Waals surface area contributed by atoms with E-state index in [1.54, 1.807) is 18.8 Å². The van der Waals surface area contributed by atoms with E-state index in [2.05, 4.69) is 38.2 Å². The summed E-state index contributed by atoms with van der Waals surface area (Å²) in [6.45, 7) is 8.37. The fourth-order valence-corrected chi connectivity index (χ4v) is 4.31. The second kappa shape index (κ2) is 10.7. The van der Waals surface area contributed by atoms with E-state index >= 15 is 0 Å². The van der Waals surface area contributed by atoms with Crippen LogP contribution in [0.2, 0.25) is 0 Å². The van der Waals surface area contributed by atoms with Gasteiger partial charge in [-0.25, -0.2) is 0 Å². The number of hydrogen-bond donors (Lipinski definition) is 1. The van der Waals surface area contributed by atoms with Crippen LogP contribution in [0.4, 0.5) is 0 Å². The lowest BCUT2D eigenvalue weighted by atomic mass is 9.73. The molecule has 1 atom stereocenters. The van der Waals surface area contributed by atoms with Crippen LogP contribution in [0, 0.1) is 5.41 Å². The third-order valence-electron chi connectivity index (χ3n) is 4.73. The van der Waals surface area contributed by atoms with Crippen LogP contribution in [-0.2, 0) is 14.4 Å². The SMILES string of the molecule is CNC(=O)CCC(=O)CCCSC(C)CC(=O)C1=C(C)C=CCC1(C)C. The zero-order valence-corrected chi connectivity index (χ0v) is 17.6. The van der Waals surface area contributed by atoms with E-state index < -0.39 is 0 Å². The lowest BCUT2D eigenvalue weighted by Crippen LogP contribution is -2.25. The molecule has 1 N–H and O–H groups in total. The van der Waals surface area contributed by atoms with Gasteiger partial charge < -0.3 is 5.32 Å². The van der Waals surface area contributed by atoms with Gasteiger partial charge in [0.1, 0.15) is 5.78 Å². The molecule has 1 amide bonds. The van der Waals surface area contributed by atoms with Gasteiger partial charge in [-0.1, -0.05) is 32.9 Å². The second-order valence-electron chi connectivity index (χ2n) is 7.67. The van der Waals surface area contributed by atoms with Crippen molar-refractivity contribution in [1.29, 1.82) is 0 Å². The molecule has 0 spiro atoms. The average molecular weight is 380 g/mol. The van der Waals surface area contributed by atoms with Crippen molar-refractivity contribution in [2.24, 2.45) is 5.41 Å². The van der Waals surface area contributed by atoms with Crippen LogP contribution in [0.25, 0.3) is 0 Å². The summed E-state index contributed by atoms with van der Waals surface area (Å²) < 4.78 is 0. The number of thioether (sulfide) groups is 1. The number of Topliss-reactive ketones (excluding diaryl/α,β-unsaturated/α-hetero) is 2. The predicted octanol–water partition coefficient (Wildman–Crippen LogP) is 4.25. The Labute approximate surface area is 162 Å². The first-order valence-corrected chi connectivity index (χ1v) is 10.5. The van der Waals surface area contributed by atoms with Crippen LogP contribution in [0.1, 0.15) is 66.2 Å². The Morgan fingerprint density at radius 1 is 1.23 bits per heavy atom. The number of nitrogens with one attached hydrogen (secondary N) is 1. The van der Waals surface area contributed by atoms with E-state index in [4.69, 9.17) is 0 Å². The van der Waals surface area contributed by atoms with Gasteiger partial charge in [-0.05, 0) is 36.5 Å². The van der Waals surface area contributed by atoms with Gasteiger partial charge in [0, 0.05) is 43.6 Å². The van der Waals surface area contributed by atoms with E-state index in [0.29, 0.717) is 19.3 Å². The maximum absolute atomic E-state index is 12.8. The fraction of sp³-hybridized carbons (Fsp3) is 0.667. The first kappa shape index (κ1) is 22.7. The smallest absolute Gasteiger partial charge is 0.220 e. The molecule has 0 aromatic heterocycles. The lowest BCUT2D eigenvalue weighted by Gasteiger charge is -2.31. The van der Waals surface area contributed by atoms with Gasteiger partial charge in [-0.15, -0.1) is 0 Å². The highest BCUT2D eigenvalue weighted by Gasteiger charge is 2.31. The van der Waals surface area contributed by atoms with Gasteiger partial charge in [0.05, 0.1) is 0 Å². The number of hydrogen-bond acceptors (Lipinski definition) is 4. The van der Waals surface area contributed by atoms with Crippen LogP contribution in [0.15, 0.2) is 23.3 Å². The average Bonchev–Trinajstić information content (AvgIpc) is 2.55. The van der Waals surface area contributed by atoms with E-state index in [-0.39, 0.29) is 34.6 Å². The van der Waals surface area contributed by atoms with Crippen molar-refractivity contribution < 1.29 is 14.4 Å². The summed E-state index contributed by atoms with van der Waals surface area (Å²) >= 11 is 1.75. The molecule has 1 unspecified atom stereocenters. The highest BCUT2D eigenvalue weighted by atomic mass is 32.2. The lowest BCUT2D eigenvalue weighted by molar-refractivity contribution is -0.125. The Kier molecular flexibility index (Phi) is 9.34. The van der Waals surface area contributed by atoms with Gasteiger partial charge in [0.15, 0.2) is 5.78 Å². The van der Waals surface area contributed by atoms with Crippen molar-refractivity contribution in [1.82, 2.24) is 5.32 Å². The zero-order chi connectivity index (χ0) is 19.7. The molecule has 1 rings (SSSR count). The predicted molar refractivity (Wildman–Crippen MR) is 109 cm³/mol. The Morgan fingerprint density at radius 2 is 1.92 bits per heavy atom. The molecular formula is C21H33NO3S. The Bertz CT molecular complexity index is 590. The van der Waals surface area contributed by atoms with Gasteiger partial charge in [0.25, 0.3) is 0 Å². The van der Waals surface area contributed by atoms with Crippen LogP contribution < -0.4 is 5.32 Å². The quantitative estimate of drug-likeness (QED) is 0.545. The molecule has 0 bridgehead atoms. The topological polar surface area (TPSA) is 63.2 Å². The van der Waals surface area contributed by atoms with Crippen molar-refractivity contribution >= 4 is 29.2 Å². The Hall–Kier alpha value is -1.36. The molecule has 0 fully saturated rings. The first-order valence-electron chi connectivity index (χ1n) is 9.42. The number of amides is 1. The minimum Gasteiger partial charge on any atom is -0.359 e.